The van der Waals surface area contributed by atoms with Crippen molar-refractivity contribution in [1.29, 1.82) is 0 Å². The summed E-state index contributed by atoms with van der Waals surface area (Å²) in [6.07, 6.45) is 6.41. The number of allylic oxidation sites excluding steroid dienone is 3. The lowest BCUT2D eigenvalue weighted by molar-refractivity contribution is 0.360. The van der Waals surface area contributed by atoms with Crippen LogP contribution >= 0.6 is 0 Å². The van der Waals surface area contributed by atoms with Crippen LogP contribution in [0.5, 0.6) is 0 Å². The van der Waals surface area contributed by atoms with Crippen LogP contribution in [-0.4, -0.2) is 5.11 Å². The first-order valence-corrected chi connectivity index (χ1v) is 3.33. The minimum Gasteiger partial charge on any atom is -0.512 e. The second-order valence-electron chi connectivity index (χ2n) is 2.14. The van der Waals surface area contributed by atoms with Crippen molar-refractivity contribution in [2.75, 3.05) is 0 Å². The lowest BCUT2D eigenvalue weighted by Crippen LogP contribution is -1.96. The second-order valence-corrected chi connectivity index (χ2v) is 2.14. The van der Waals surface area contributed by atoms with Crippen LogP contribution in [0.4, 0.5) is 0 Å². The molecule has 1 N–H and O–H groups in total. The van der Waals surface area contributed by atoms with Gasteiger partial charge in [-0.1, -0.05) is 24.8 Å². The van der Waals surface area contributed by atoms with Gasteiger partial charge in [-0.2, -0.15) is 0 Å². The fourth-order valence-electron chi connectivity index (χ4n) is 0.651. The molecule has 0 aromatic rings. The number of rotatable bonds is 4. The summed E-state index contributed by atoms with van der Waals surface area (Å²) < 4.78 is 0. The molecule has 0 spiro atoms. The maximum absolute atomic E-state index is 8.94. The Bertz CT molecular complexity index is 145. The van der Waals surface area contributed by atoms with Gasteiger partial charge in [0.15, 0.2) is 0 Å². The Morgan fingerprint density at radius 2 is 2.30 bits per heavy atom. The highest BCUT2D eigenvalue weighted by atomic mass is 16.3. The van der Waals surface area contributed by atoms with Crippen LogP contribution in [0.2, 0.25) is 0 Å². The van der Waals surface area contributed by atoms with E-state index in [1.807, 2.05) is 19.1 Å². The molecule has 0 bridgehead atoms. The normalized spacial score (nSPS) is 13.3. The Labute approximate surface area is 62.4 Å². The fraction of sp³-hybridized carbons (Fsp3) is 0.333. The molecule has 0 aliphatic rings. The number of aliphatic hydroxyl groups excluding tert-OH is 1. The van der Waals surface area contributed by atoms with Gasteiger partial charge in [-0.15, -0.1) is 6.58 Å². The van der Waals surface area contributed by atoms with Gasteiger partial charge in [-0.3, -0.25) is 0 Å². The zero-order chi connectivity index (χ0) is 7.98. The number of hydrogen-bond acceptors (Lipinski definition) is 1. The number of hydrogen-bond donors (Lipinski definition) is 1. The molecule has 0 aromatic heterocycles. The Morgan fingerprint density at radius 1 is 1.70 bits per heavy atom. The maximum Gasteiger partial charge on any atom is 0.0922 e. The van der Waals surface area contributed by atoms with Crippen molar-refractivity contribution < 1.29 is 5.11 Å². The van der Waals surface area contributed by atoms with Gasteiger partial charge in [-0.05, 0) is 13.3 Å². The van der Waals surface area contributed by atoms with Crippen molar-refractivity contribution in [3.8, 4) is 0 Å². The van der Waals surface area contributed by atoms with E-state index in [0.717, 1.165) is 6.42 Å². The van der Waals surface area contributed by atoms with E-state index >= 15 is 0 Å². The quantitative estimate of drug-likeness (QED) is 0.468. The highest BCUT2D eigenvalue weighted by Gasteiger charge is 2.02. The van der Waals surface area contributed by atoms with E-state index in [0.29, 0.717) is 0 Å². The average Bonchev–Trinajstić information content (AvgIpc) is 1.89. The minimum atomic E-state index is 0.0104. The van der Waals surface area contributed by atoms with Gasteiger partial charge >= 0.3 is 0 Å². The molecule has 1 unspecified atom stereocenters. The molecule has 0 amide bonds. The molecule has 56 valence electrons. The molecule has 1 atom stereocenters. The van der Waals surface area contributed by atoms with Crippen LogP contribution in [0, 0.1) is 5.92 Å². The highest BCUT2D eigenvalue weighted by Crippen LogP contribution is 2.12. The van der Waals surface area contributed by atoms with E-state index in [1.54, 1.807) is 6.08 Å². The molecule has 0 saturated heterocycles. The predicted octanol–water partition coefficient (Wildman–Crippen LogP) is 2.83. The van der Waals surface area contributed by atoms with Gasteiger partial charge in [0.05, 0.1) is 5.76 Å². The predicted molar refractivity (Wildman–Crippen MR) is 44.9 cm³/mol. The highest BCUT2D eigenvalue weighted by molar-refractivity contribution is 5.02. The summed E-state index contributed by atoms with van der Waals surface area (Å²) in [7, 11) is 0. The lowest BCUT2D eigenvalue weighted by atomic mass is 10.0. The summed E-state index contributed by atoms with van der Waals surface area (Å²) in [5.41, 5.74) is 0. The zero-order valence-electron chi connectivity index (χ0n) is 6.38. The molecule has 0 saturated carbocycles. The summed E-state index contributed by atoms with van der Waals surface area (Å²) >= 11 is 0. The molecular formula is C9H14O. The summed E-state index contributed by atoms with van der Waals surface area (Å²) in [4.78, 5) is 0. The third kappa shape index (κ3) is 3.13. The lowest BCUT2D eigenvalue weighted by Gasteiger charge is -2.05. The van der Waals surface area contributed by atoms with E-state index < -0.39 is 0 Å². The van der Waals surface area contributed by atoms with Crippen molar-refractivity contribution in [3.05, 3.63) is 37.1 Å². The van der Waals surface area contributed by atoms with Crippen LogP contribution in [-0.2, 0) is 0 Å². The first kappa shape index (κ1) is 9.02. The molecule has 0 aromatic carbocycles. The standard InChI is InChI=1S/C9H14O/c1-4-6-7-9(5-2)8(3)10/h4-6,9-10H,2-3,7H2,1H3/b6-4+. The molecule has 1 heteroatoms. The van der Waals surface area contributed by atoms with Crippen LogP contribution in [0.15, 0.2) is 37.1 Å². The monoisotopic (exact) mass is 138 g/mol. The smallest absolute Gasteiger partial charge is 0.0922 e. The Hall–Kier alpha value is -0.980. The van der Waals surface area contributed by atoms with Crippen LogP contribution < -0.4 is 0 Å². The van der Waals surface area contributed by atoms with E-state index in [1.165, 1.54) is 0 Å². The summed E-state index contributed by atoms with van der Waals surface area (Å²) in [5, 5.41) is 8.94. The van der Waals surface area contributed by atoms with Gasteiger partial charge < -0.3 is 5.11 Å². The summed E-state index contributed by atoms with van der Waals surface area (Å²) in [5.74, 6) is 0.198. The molecule has 0 fully saturated rings. The molecule has 0 heterocycles. The summed E-state index contributed by atoms with van der Waals surface area (Å²) in [6.45, 7) is 8.95. The largest absolute Gasteiger partial charge is 0.512 e. The SMILES string of the molecule is C=CC(C/C=C/C)C(=C)O. The Kier molecular flexibility index (Phi) is 4.38. The topological polar surface area (TPSA) is 20.2 Å². The third-order valence-electron chi connectivity index (χ3n) is 1.34. The molecule has 0 aliphatic carbocycles. The van der Waals surface area contributed by atoms with E-state index in [9.17, 15) is 0 Å². The molecule has 1 nitrogen and oxygen atoms in total. The molecular weight excluding hydrogens is 124 g/mol. The average molecular weight is 138 g/mol. The zero-order valence-corrected chi connectivity index (χ0v) is 6.38. The summed E-state index contributed by atoms with van der Waals surface area (Å²) in [6, 6.07) is 0. The Morgan fingerprint density at radius 3 is 2.60 bits per heavy atom. The van der Waals surface area contributed by atoms with Gasteiger partial charge in [0.25, 0.3) is 0 Å². The first-order valence-electron chi connectivity index (χ1n) is 3.33. The molecule has 0 aliphatic heterocycles. The van der Waals surface area contributed by atoms with Gasteiger partial charge in [0.2, 0.25) is 0 Å². The molecule has 10 heavy (non-hydrogen) atoms. The maximum atomic E-state index is 8.94. The van der Waals surface area contributed by atoms with Crippen molar-refractivity contribution in [2.45, 2.75) is 13.3 Å². The van der Waals surface area contributed by atoms with Crippen molar-refractivity contribution in [1.82, 2.24) is 0 Å². The minimum absolute atomic E-state index is 0.0104. The van der Waals surface area contributed by atoms with Crippen molar-refractivity contribution in [3.63, 3.8) is 0 Å². The molecule has 0 rings (SSSR count). The van der Waals surface area contributed by atoms with Crippen molar-refractivity contribution in [2.24, 2.45) is 5.92 Å². The van der Waals surface area contributed by atoms with E-state index in [2.05, 4.69) is 13.2 Å². The van der Waals surface area contributed by atoms with E-state index in [-0.39, 0.29) is 11.7 Å². The fourth-order valence-corrected chi connectivity index (χ4v) is 0.651. The van der Waals surface area contributed by atoms with Crippen LogP contribution in [0.3, 0.4) is 0 Å². The number of aliphatic hydroxyl groups is 1. The second kappa shape index (κ2) is 4.86. The van der Waals surface area contributed by atoms with E-state index in [4.69, 9.17) is 5.11 Å². The molecule has 0 radical (unpaired) electrons. The van der Waals surface area contributed by atoms with Crippen LogP contribution in [0.25, 0.3) is 0 Å². The van der Waals surface area contributed by atoms with Gasteiger partial charge in [0, 0.05) is 5.92 Å². The van der Waals surface area contributed by atoms with Gasteiger partial charge in [-0.25, -0.2) is 0 Å². The Balaban J connectivity index is 3.83. The van der Waals surface area contributed by atoms with Gasteiger partial charge in [0.1, 0.15) is 0 Å². The first-order chi connectivity index (χ1) is 4.72. The third-order valence-corrected chi connectivity index (χ3v) is 1.34. The van der Waals surface area contributed by atoms with Crippen LogP contribution in [0.1, 0.15) is 13.3 Å². The van der Waals surface area contributed by atoms with Crippen molar-refractivity contribution >= 4 is 0 Å².